The van der Waals surface area contributed by atoms with Gasteiger partial charge in [0.25, 0.3) is 0 Å². The van der Waals surface area contributed by atoms with E-state index >= 15 is 0 Å². The van der Waals surface area contributed by atoms with Crippen LogP contribution in [0, 0.1) is 0 Å². The minimum atomic E-state index is -0.511. The van der Waals surface area contributed by atoms with Crippen LogP contribution < -0.4 is 4.74 Å². The van der Waals surface area contributed by atoms with Gasteiger partial charge in [0, 0.05) is 10.9 Å². The van der Waals surface area contributed by atoms with Crippen LogP contribution in [0.2, 0.25) is 0 Å². The predicted octanol–water partition coefficient (Wildman–Crippen LogP) is 11.8. The van der Waals surface area contributed by atoms with Gasteiger partial charge >= 0.3 is 0 Å². The van der Waals surface area contributed by atoms with Crippen molar-refractivity contribution in [2.75, 3.05) is 0 Å². The molecule has 0 amide bonds. The average Bonchev–Trinajstić information content (AvgIpc) is 3.43. The summed E-state index contributed by atoms with van der Waals surface area (Å²) in [6.45, 7) is 0. The summed E-state index contributed by atoms with van der Waals surface area (Å²) in [7, 11) is 0. The van der Waals surface area contributed by atoms with E-state index in [2.05, 4.69) is 170 Å². The minimum absolute atomic E-state index is 0.511. The lowest BCUT2D eigenvalue weighted by Gasteiger charge is -2.35. The van der Waals surface area contributed by atoms with Gasteiger partial charge < -0.3 is 4.74 Å². The highest BCUT2D eigenvalue weighted by atomic mass is 16.5. The number of benzene rings is 8. The maximum atomic E-state index is 6.65. The van der Waals surface area contributed by atoms with Crippen LogP contribution in [0.5, 0.6) is 11.5 Å². The van der Waals surface area contributed by atoms with Crippen LogP contribution in [0.25, 0.3) is 54.9 Å². The third-order valence-electron chi connectivity index (χ3n) is 10.1. The van der Waals surface area contributed by atoms with Crippen molar-refractivity contribution < 1.29 is 4.74 Å². The fourth-order valence-corrected chi connectivity index (χ4v) is 8.29. The number of fused-ring (bicyclic) bond motifs is 7. The Labute approximate surface area is 268 Å². The number of hydrogen-bond acceptors (Lipinski definition) is 1. The van der Waals surface area contributed by atoms with Gasteiger partial charge in [-0.2, -0.15) is 0 Å². The average molecular weight is 585 g/mol. The van der Waals surface area contributed by atoms with Gasteiger partial charge in [-0.25, -0.2) is 0 Å². The summed E-state index contributed by atoms with van der Waals surface area (Å²) in [4.78, 5) is 0. The summed E-state index contributed by atoms with van der Waals surface area (Å²) >= 11 is 0. The molecule has 0 fully saturated rings. The zero-order chi connectivity index (χ0) is 30.2. The molecule has 0 spiro atoms. The molecule has 214 valence electrons. The van der Waals surface area contributed by atoms with Crippen LogP contribution in [-0.4, -0.2) is 0 Å². The maximum Gasteiger partial charge on any atom is 0.135 e. The molecule has 2 aliphatic rings. The smallest absolute Gasteiger partial charge is 0.135 e. The lowest BCUT2D eigenvalue weighted by molar-refractivity contribution is 0.487. The van der Waals surface area contributed by atoms with Crippen molar-refractivity contribution in [2.24, 2.45) is 0 Å². The van der Waals surface area contributed by atoms with Crippen molar-refractivity contribution in [3.05, 3.63) is 192 Å². The topological polar surface area (TPSA) is 9.23 Å². The summed E-state index contributed by atoms with van der Waals surface area (Å²) in [6.07, 6.45) is 0. The predicted molar refractivity (Wildman–Crippen MR) is 190 cm³/mol. The zero-order valence-electron chi connectivity index (χ0n) is 25.1. The van der Waals surface area contributed by atoms with Crippen LogP contribution >= 0.6 is 0 Å². The Hall–Kier alpha value is -5.92. The molecule has 1 atom stereocenters. The molecule has 46 heavy (non-hydrogen) atoms. The SMILES string of the molecule is c1ccc(C2(c3ccccc3-c3ccc4c(c3)Oc3cccc5cccc-4c35)c3ccccc3-c3c2ccc2ccccc32)cc1. The summed E-state index contributed by atoms with van der Waals surface area (Å²) in [5, 5.41) is 4.93. The molecule has 8 aromatic carbocycles. The van der Waals surface area contributed by atoms with Crippen LogP contribution in [-0.2, 0) is 5.41 Å². The Morgan fingerprint density at radius 1 is 0.391 bits per heavy atom. The van der Waals surface area contributed by atoms with Crippen molar-refractivity contribution in [1.29, 1.82) is 0 Å². The van der Waals surface area contributed by atoms with E-state index in [1.165, 1.54) is 66.1 Å². The normalized spacial score (nSPS) is 15.7. The Morgan fingerprint density at radius 3 is 1.93 bits per heavy atom. The molecule has 10 rings (SSSR count). The molecular formula is C45H28O. The van der Waals surface area contributed by atoms with E-state index in [4.69, 9.17) is 4.74 Å². The van der Waals surface area contributed by atoms with E-state index < -0.39 is 5.41 Å². The van der Waals surface area contributed by atoms with Gasteiger partial charge in [0.1, 0.15) is 11.5 Å². The van der Waals surface area contributed by atoms with Gasteiger partial charge in [0.05, 0.1) is 5.41 Å². The van der Waals surface area contributed by atoms with Gasteiger partial charge in [0.15, 0.2) is 0 Å². The first kappa shape index (κ1) is 25.4. The second-order valence-corrected chi connectivity index (χ2v) is 12.4. The van der Waals surface area contributed by atoms with Crippen LogP contribution in [0.1, 0.15) is 22.3 Å². The van der Waals surface area contributed by atoms with E-state index in [0.29, 0.717) is 0 Å². The van der Waals surface area contributed by atoms with E-state index in [-0.39, 0.29) is 0 Å². The molecule has 1 nitrogen and oxygen atoms in total. The second-order valence-electron chi connectivity index (χ2n) is 12.4. The Bertz CT molecular complexity index is 2500. The molecule has 0 saturated carbocycles. The molecule has 0 aromatic heterocycles. The first-order valence-corrected chi connectivity index (χ1v) is 15.9. The molecule has 0 bridgehead atoms. The highest BCUT2D eigenvalue weighted by Gasteiger charge is 2.47. The fourth-order valence-electron chi connectivity index (χ4n) is 8.29. The lowest BCUT2D eigenvalue weighted by Crippen LogP contribution is -2.29. The van der Waals surface area contributed by atoms with Crippen molar-refractivity contribution in [3.63, 3.8) is 0 Å². The Morgan fingerprint density at radius 2 is 1.07 bits per heavy atom. The highest BCUT2D eigenvalue weighted by molar-refractivity contribution is 6.06. The third kappa shape index (κ3) is 3.35. The molecule has 0 radical (unpaired) electrons. The van der Waals surface area contributed by atoms with Crippen molar-refractivity contribution in [3.8, 4) is 44.9 Å². The maximum absolute atomic E-state index is 6.65. The van der Waals surface area contributed by atoms with Crippen LogP contribution in [0.15, 0.2) is 170 Å². The minimum Gasteiger partial charge on any atom is -0.456 e. The standard InChI is InChI=1S/C45H28O/c1-2-15-32(16-3-1)45(39-22-9-7-19-37(39)44-34-18-5-4-12-29(34)25-27-40(44)45)38-21-8-6-17-33(38)31-24-26-35-36-20-10-13-30-14-11-23-41(43(30)36)46-42(35)28-31/h1-28H. The molecule has 1 aliphatic carbocycles. The lowest BCUT2D eigenvalue weighted by atomic mass is 9.65. The highest BCUT2D eigenvalue weighted by Crippen LogP contribution is 2.59. The van der Waals surface area contributed by atoms with Crippen molar-refractivity contribution >= 4 is 21.5 Å². The van der Waals surface area contributed by atoms with Crippen LogP contribution in [0.3, 0.4) is 0 Å². The summed E-state index contributed by atoms with van der Waals surface area (Å²) in [5.74, 6) is 1.81. The van der Waals surface area contributed by atoms with Crippen LogP contribution in [0.4, 0.5) is 0 Å². The van der Waals surface area contributed by atoms with Crippen molar-refractivity contribution in [1.82, 2.24) is 0 Å². The first-order chi connectivity index (χ1) is 22.8. The number of ether oxygens (including phenoxy) is 1. The molecule has 1 heterocycles. The van der Waals surface area contributed by atoms with Gasteiger partial charge in [-0.3, -0.25) is 0 Å². The van der Waals surface area contributed by atoms with Gasteiger partial charge in [-0.05, 0) is 84.4 Å². The molecule has 0 N–H and O–H groups in total. The van der Waals surface area contributed by atoms with E-state index in [1.807, 2.05) is 0 Å². The summed E-state index contributed by atoms with van der Waals surface area (Å²) in [5.41, 5.74) is 12.0. The monoisotopic (exact) mass is 584 g/mol. The second kappa shape index (κ2) is 9.54. The molecular weight excluding hydrogens is 556 g/mol. The zero-order valence-corrected chi connectivity index (χ0v) is 25.1. The van der Waals surface area contributed by atoms with E-state index in [1.54, 1.807) is 0 Å². The summed E-state index contributed by atoms with van der Waals surface area (Å²) < 4.78 is 6.65. The third-order valence-corrected chi connectivity index (χ3v) is 10.1. The quantitative estimate of drug-likeness (QED) is 0.201. The number of hydrogen-bond donors (Lipinski definition) is 0. The van der Waals surface area contributed by atoms with Crippen molar-refractivity contribution in [2.45, 2.75) is 5.41 Å². The molecule has 1 unspecified atom stereocenters. The molecule has 0 saturated heterocycles. The largest absolute Gasteiger partial charge is 0.456 e. The van der Waals surface area contributed by atoms with E-state index in [9.17, 15) is 0 Å². The molecule has 1 aliphatic heterocycles. The molecule has 1 heteroatoms. The van der Waals surface area contributed by atoms with Gasteiger partial charge in [-0.15, -0.1) is 0 Å². The number of rotatable bonds is 3. The fraction of sp³-hybridized carbons (Fsp3) is 0.0222. The van der Waals surface area contributed by atoms with Gasteiger partial charge in [0.2, 0.25) is 0 Å². The first-order valence-electron chi connectivity index (χ1n) is 15.9. The van der Waals surface area contributed by atoms with Gasteiger partial charge in [-0.1, -0.05) is 152 Å². The summed E-state index contributed by atoms with van der Waals surface area (Å²) in [6, 6.07) is 62.1. The van der Waals surface area contributed by atoms with E-state index in [0.717, 1.165) is 22.6 Å². The molecule has 8 aromatic rings. The Kier molecular flexibility index (Phi) is 5.27. The Balaban J connectivity index is 1.27.